The molecule has 0 fully saturated rings. The van der Waals surface area contributed by atoms with Crippen molar-refractivity contribution >= 4 is 35.0 Å². The van der Waals surface area contributed by atoms with E-state index in [1.807, 2.05) is 0 Å². The van der Waals surface area contributed by atoms with Crippen molar-refractivity contribution in [2.24, 2.45) is 0 Å². The summed E-state index contributed by atoms with van der Waals surface area (Å²) in [5.74, 6) is -0.607. The molecular formula is C12H12Cl2O3. The molecule has 0 aliphatic carbocycles. The van der Waals surface area contributed by atoms with Gasteiger partial charge in [0.15, 0.2) is 5.78 Å². The molecule has 3 nitrogen and oxygen atoms in total. The van der Waals surface area contributed by atoms with Crippen molar-refractivity contribution in [3.05, 3.63) is 33.8 Å². The van der Waals surface area contributed by atoms with Crippen LogP contribution in [0, 0.1) is 0 Å². The van der Waals surface area contributed by atoms with Gasteiger partial charge in [-0.05, 0) is 19.1 Å². The third-order valence-corrected chi connectivity index (χ3v) is 2.93. The summed E-state index contributed by atoms with van der Waals surface area (Å²) >= 11 is 11.7. The highest BCUT2D eigenvalue weighted by atomic mass is 35.5. The van der Waals surface area contributed by atoms with Gasteiger partial charge in [0.2, 0.25) is 0 Å². The molecule has 1 aromatic rings. The van der Waals surface area contributed by atoms with Gasteiger partial charge in [0.05, 0.1) is 23.1 Å². The van der Waals surface area contributed by atoms with E-state index in [1.54, 1.807) is 25.1 Å². The molecule has 0 saturated heterocycles. The van der Waals surface area contributed by atoms with Gasteiger partial charge in [0, 0.05) is 12.0 Å². The van der Waals surface area contributed by atoms with Crippen LogP contribution in [0.5, 0.6) is 0 Å². The zero-order valence-electron chi connectivity index (χ0n) is 9.33. The van der Waals surface area contributed by atoms with Crippen LogP contribution >= 0.6 is 23.2 Å². The van der Waals surface area contributed by atoms with Crippen LogP contribution in [-0.4, -0.2) is 18.4 Å². The van der Waals surface area contributed by atoms with Gasteiger partial charge < -0.3 is 4.74 Å². The van der Waals surface area contributed by atoms with Crippen LogP contribution in [0.3, 0.4) is 0 Å². The number of ether oxygens (including phenoxy) is 1. The number of halogens is 2. The first-order valence-corrected chi connectivity index (χ1v) is 5.94. The highest BCUT2D eigenvalue weighted by Crippen LogP contribution is 2.26. The molecule has 0 aliphatic heterocycles. The molecule has 0 aromatic heterocycles. The number of rotatable bonds is 5. The maximum absolute atomic E-state index is 11.8. The Morgan fingerprint density at radius 2 is 1.94 bits per heavy atom. The molecule has 5 heteroatoms. The number of carbonyl (C=O) groups excluding carboxylic acids is 2. The van der Waals surface area contributed by atoms with E-state index in [1.165, 1.54) is 0 Å². The minimum atomic E-state index is -0.390. The molecule has 0 spiro atoms. The molecule has 0 aliphatic rings. The van der Waals surface area contributed by atoms with Gasteiger partial charge in [0.1, 0.15) is 0 Å². The van der Waals surface area contributed by atoms with Crippen LogP contribution in [0.25, 0.3) is 0 Å². The molecule has 0 unspecified atom stereocenters. The van der Waals surface area contributed by atoms with E-state index in [-0.39, 0.29) is 29.6 Å². The van der Waals surface area contributed by atoms with E-state index in [9.17, 15) is 9.59 Å². The number of benzene rings is 1. The van der Waals surface area contributed by atoms with Crippen LogP contribution in [0.1, 0.15) is 30.1 Å². The molecule has 0 bridgehead atoms. The quantitative estimate of drug-likeness (QED) is 0.610. The lowest BCUT2D eigenvalue weighted by Crippen LogP contribution is -2.08. The van der Waals surface area contributed by atoms with E-state index in [4.69, 9.17) is 27.9 Å². The second kappa shape index (κ2) is 6.62. The van der Waals surface area contributed by atoms with Gasteiger partial charge in [0.25, 0.3) is 0 Å². The monoisotopic (exact) mass is 274 g/mol. The van der Waals surface area contributed by atoms with Crippen LogP contribution in [0.4, 0.5) is 0 Å². The third kappa shape index (κ3) is 4.02. The highest BCUT2D eigenvalue weighted by molar-refractivity contribution is 6.43. The van der Waals surface area contributed by atoms with Crippen molar-refractivity contribution in [3.63, 3.8) is 0 Å². The Labute approximate surface area is 110 Å². The summed E-state index contributed by atoms with van der Waals surface area (Å²) < 4.78 is 4.73. The summed E-state index contributed by atoms with van der Waals surface area (Å²) in [5.41, 5.74) is 0.337. The molecular weight excluding hydrogens is 263 g/mol. The Balaban J connectivity index is 2.64. The summed E-state index contributed by atoms with van der Waals surface area (Å²) in [5, 5.41) is 0.552. The average molecular weight is 275 g/mol. The highest BCUT2D eigenvalue weighted by Gasteiger charge is 2.14. The average Bonchev–Trinajstić information content (AvgIpc) is 2.30. The lowest BCUT2D eigenvalue weighted by molar-refractivity contribution is -0.143. The fourth-order valence-electron chi connectivity index (χ4n) is 1.30. The zero-order chi connectivity index (χ0) is 12.8. The Morgan fingerprint density at radius 1 is 1.24 bits per heavy atom. The van der Waals surface area contributed by atoms with Crippen LogP contribution in [-0.2, 0) is 9.53 Å². The second-order valence-electron chi connectivity index (χ2n) is 3.33. The molecule has 17 heavy (non-hydrogen) atoms. The molecule has 0 saturated carbocycles. The Morgan fingerprint density at radius 3 is 2.59 bits per heavy atom. The number of Topliss-reactive ketones (excluding diaryl/α,β-unsaturated/α-hetero) is 1. The largest absolute Gasteiger partial charge is 0.466 e. The summed E-state index contributed by atoms with van der Waals surface area (Å²) in [4.78, 5) is 22.9. The zero-order valence-corrected chi connectivity index (χ0v) is 10.8. The first-order valence-electron chi connectivity index (χ1n) is 5.19. The predicted octanol–water partition coefficient (Wildman–Crippen LogP) is 3.52. The lowest BCUT2D eigenvalue weighted by Gasteiger charge is -2.04. The van der Waals surface area contributed by atoms with E-state index in [0.29, 0.717) is 17.2 Å². The second-order valence-corrected chi connectivity index (χ2v) is 4.11. The molecule has 0 N–H and O–H groups in total. The van der Waals surface area contributed by atoms with Crippen LogP contribution in [0.15, 0.2) is 18.2 Å². The van der Waals surface area contributed by atoms with E-state index >= 15 is 0 Å². The minimum absolute atomic E-state index is 0.0511. The third-order valence-electron chi connectivity index (χ3n) is 2.11. The van der Waals surface area contributed by atoms with Crippen molar-refractivity contribution in [3.8, 4) is 0 Å². The van der Waals surface area contributed by atoms with Crippen LogP contribution in [0.2, 0.25) is 10.0 Å². The van der Waals surface area contributed by atoms with E-state index in [2.05, 4.69) is 0 Å². The van der Waals surface area contributed by atoms with Crippen molar-refractivity contribution in [2.45, 2.75) is 19.8 Å². The van der Waals surface area contributed by atoms with Crippen LogP contribution < -0.4 is 0 Å². The number of carbonyl (C=O) groups is 2. The van der Waals surface area contributed by atoms with Gasteiger partial charge >= 0.3 is 5.97 Å². The lowest BCUT2D eigenvalue weighted by atomic mass is 10.1. The fourth-order valence-corrected chi connectivity index (χ4v) is 1.71. The van der Waals surface area contributed by atoms with Crippen molar-refractivity contribution in [1.82, 2.24) is 0 Å². The summed E-state index contributed by atoms with van der Waals surface area (Å²) in [6.07, 6.45) is 0.119. The smallest absolute Gasteiger partial charge is 0.306 e. The molecule has 0 atom stereocenters. The van der Waals surface area contributed by atoms with Gasteiger partial charge in [-0.2, -0.15) is 0 Å². The van der Waals surface area contributed by atoms with E-state index in [0.717, 1.165) is 0 Å². The Bertz CT molecular complexity index is 430. The van der Waals surface area contributed by atoms with Gasteiger partial charge in [-0.15, -0.1) is 0 Å². The maximum Gasteiger partial charge on any atom is 0.306 e. The Hall–Kier alpha value is -1.06. The maximum atomic E-state index is 11.8. The fraction of sp³-hybridized carbons (Fsp3) is 0.333. The minimum Gasteiger partial charge on any atom is -0.466 e. The number of hydrogen-bond acceptors (Lipinski definition) is 3. The van der Waals surface area contributed by atoms with Gasteiger partial charge in [-0.25, -0.2) is 0 Å². The topological polar surface area (TPSA) is 43.4 Å². The predicted molar refractivity (Wildman–Crippen MR) is 66.7 cm³/mol. The molecule has 0 amide bonds. The molecule has 0 radical (unpaired) electrons. The number of esters is 1. The number of hydrogen-bond donors (Lipinski definition) is 0. The van der Waals surface area contributed by atoms with Crippen molar-refractivity contribution < 1.29 is 14.3 Å². The van der Waals surface area contributed by atoms with Gasteiger partial charge in [-0.3, -0.25) is 9.59 Å². The first-order chi connectivity index (χ1) is 8.06. The normalized spacial score (nSPS) is 10.1. The van der Waals surface area contributed by atoms with Crippen molar-refractivity contribution in [1.29, 1.82) is 0 Å². The van der Waals surface area contributed by atoms with E-state index < -0.39 is 0 Å². The molecule has 1 rings (SSSR count). The summed E-state index contributed by atoms with van der Waals surface area (Å²) in [7, 11) is 0. The summed E-state index contributed by atoms with van der Waals surface area (Å²) in [6.45, 7) is 2.03. The van der Waals surface area contributed by atoms with Gasteiger partial charge in [-0.1, -0.05) is 29.3 Å². The first kappa shape index (κ1) is 14.0. The molecule has 0 heterocycles. The Kier molecular flexibility index (Phi) is 5.45. The summed E-state index contributed by atoms with van der Waals surface area (Å²) in [6, 6.07) is 4.83. The molecule has 1 aromatic carbocycles. The standard InChI is InChI=1S/C12H12Cl2O3/c1-2-17-11(16)7-6-10(15)8-4-3-5-9(13)12(8)14/h3-5H,2,6-7H2,1H3. The number of ketones is 1. The SMILES string of the molecule is CCOC(=O)CCC(=O)c1cccc(Cl)c1Cl. The van der Waals surface area contributed by atoms with Crippen molar-refractivity contribution in [2.75, 3.05) is 6.61 Å². The molecule has 92 valence electrons.